The Hall–Kier alpha value is -3.49. The second kappa shape index (κ2) is 8.26. The molecule has 0 aliphatic carbocycles. The van der Waals surface area contributed by atoms with Crippen LogP contribution in [0, 0.1) is 11.6 Å². The van der Waals surface area contributed by atoms with Gasteiger partial charge in [-0.05, 0) is 24.6 Å². The maximum absolute atomic E-state index is 14.6. The molecule has 1 N–H and O–H groups in total. The van der Waals surface area contributed by atoms with Crippen LogP contribution in [0.2, 0.25) is 0 Å². The molecule has 150 valence electrons. The highest BCUT2D eigenvalue weighted by Gasteiger charge is 2.39. The summed E-state index contributed by atoms with van der Waals surface area (Å²) in [5.74, 6) is -1.09. The molecule has 2 amide bonds. The Labute approximate surface area is 165 Å². The maximum Gasteiger partial charge on any atom is 0.323 e. The van der Waals surface area contributed by atoms with E-state index in [1.54, 1.807) is 24.7 Å². The first kappa shape index (κ1) is 18.9. The van der Waals surface area contributed by atoms with Crippen molar-refractivity contribution >= 4 is 11.9 Å². The van der Waals surface area contributed by atoms with E-state index in [0.29, 0.717) is 25.3 Å². The maximum atomic E-state index is 14.6. The van der Waals surface area contributed by atoms with Crippen LogP contribution in [0.1, 0.15) is 23.8 Å². The minimum absolute atomic E-state index is 0.0594. The van der Waals surface area contributed by atoms with Crippen LogP contribution in [-0.4, -0.2) is 32.9 Å². The van der Waals surface area contributed by atoms with Crippen molar-refractivity contribution in [2.24, 2.45) is 4.99 Å². The fraction of sp³-hybridized carbons (Fsp3) is 0.250. The molecule has 1 unspecified atom stereocenters. The third-order valence-electron chi connectivity index (χ3n) is 4.70. The van der Waals surface area contributed by atoms with Crippen LogP contribution in [0.5, 0.6) is 0 Å². The van der Waals surface area contributed by atoms with Gasteiger partial charge in [0, 0.05) is 31.0 Å². The second-order valence-electron chi connectivity index (χ2n) is 6.60. The summed E-state index contributed by atoms with van der Waals surface area (Å²) < 4.78 is 35.6. The number of carbonyl (C=O) groups is 1. The summed E-state index contributed by atoms with van der Waals surface area (Å²) in [6, 6.07) is 6.18. The predicted molar refractivity (Wildman–Crippen MR) is 101 cm³/mol. The van der Waals surface area contributed by atoms with E-state index in [2.05, 4.69) is 15.3 Å². The zero-order valence-corrected chi connectivity index (χ0v) is 15.5. The molecule has 1 atom stereocenters. The van der Waals surface area contributed by atoms with Gasteiger partial charge < -0.3 is 13.9 Å². The lowest BCUT2D eigenvalue weighted by Crippen LogP contribution is -2.31. The van der Waals surface area contributed by atoms with Crippen molar-refractivity contribution in [3.8, 4) is 0 Å². The summed E-state index contributed by atoms with van der Waals surface area (Å²) in [5.41, 5.74) is 0.0594. The Bertz CT molecular complexity index is 1000. The zero-order valence-electron chi connectivity index (χ0n) is 15.5. The van der Waals surface area contributed by atoms with E-state index in [1.807, 2.05) is 10.8 Å². The first-order chi connectivity index (χ1) is 14.1. The monoisotopic (exact) mass is 399 g/mol. The quantitative estimate of drug-likeness (QED) is 0.661. The van der Waals surface area contributed by atoms with Crippen molar-refractivity contribution in [2.45, 2.75) is 25.6 Å². The Kier molecular flexibility index (Phi) is 5.37. The number of urea groups is 1. The smallest absolute Gasteiger partial charge is 0.323 e. The van der Waals surface area contributed by atoms with Gasteiger partial charge >= 0.3 is 6.03 Å². The zero-order chi connectivity index (χ0) is 20.2. The molecule has 1 aliphatic heterocycles. The van der Waals surface area contributed by atoms with Crippen molar-refractivity contribution in [1.82, 2.24) is 19.8 Å². The number of imidazole rings is 1. The van der Waals surface area contributed by atoms with E-state index < -0.39 is 23.7 Å². The minimum atomic E-state index is -0.987. The van der Waals surface area contributed by atoms with Crippen molar-refractivity contribution in [2.75, 3.05) is 6.54 Å². The normalized spacial score (nSPS) is 17.9. The fourth-order valence-electron chi connectivity index (χ4n) is 3.33. The molecule has 4 rings (SSSR count). The Morgan fingerprint density at radius 3 is 2.86 bits per heavy atom. The van der Waals surface area contributed by atoms with E-state index >= 15 is 0 Å². The number of hydrogen-bond acceptors (Lipinski definition) is 4. The van der Waals surface area contributed by atoms with Gasteiger partial charge in [-0.25, -0.2) is 18.6 Å². The van der Waals surface area contributed by atoms with Gasteiger partial charge in [0.15, 0.2) is 11.6 Å². The summed E-state index contributed by atoms with van der Waals surface area (Å²) in [4.78, 5) is 22.4. The number of nitrogens with zero attached hydrogens (tertiary/aromatic N) is 4. The third-order valence-corrected chi connectivity index (χ3v) is 4.70. The van der Waals surface area contributed by atoms with Crippen LogP contribution >= 0.6 is 0 Å². The fourth-order valence-corrected chi connectivity index (χ4v) is 3.33. The summed E-state index contributed by atoms with van der Waals surface area (Å²) in [7, 11) is 0. The third kappa shape index (κ3) is 4.03. The van der Waals surface area contributed by atoms with Gasteiger partial charge in [-0.3, -0.25) is 10.3 Å². The minimum Gasteiger partial charge on any atom is -0.467 e. The van der Waals surface area contributed by atoms with Crippen LogP contribution in [-0.2, 0) is 13.1 Å². The molecule has 3 heterocycles. The van der Waals surface area contributed by atoms with Crippen LogP contribution in [0.15, 0.2) is 64.7 Å². The van der Waals surface area contributed by atoms with Crippen molar-refractivity contribution in [3.63, 3.8) is 0 Å². The predicted octanol–water partition coefficient (Wildman–Crippen LogP) is 3.51. The molecule has 1 aromatic carbocycles. The van der Waals surface area contributed by atoms with Gasteiger partial charge in [0.1, 0.15) is 17.6 Å². The first-order valence-corrected chi connectivity index (χ1v) is 9.17. The summed E-state index contributed by atoms with van der Waals surface area (Å²) >= 11 is 0. The average molecular weight is 399 g/mol. The van der Waals surface area contributed by atoms with Gasteiger partial charge in [-0.15, -0.1) is 0 Å². The molecule has 0 radical (unpaired) electrons. The number of furan rings is 1. The molecule has 0 spiro atoms. The molecular formula is C20H19F2N5O2. The van der Waals surface area contributed by atoms with E-state index in [1.165, 1.54) is 23.3 Å². The van der Waals surface area contributed by atoms with Gasteiger partial charge in [-0.2, -0.15) is 0 Å². The lowest BCUT2D eigenvalue weighted by Gasteiger charge is -2.24. The molecule has 0 bridgehead atoms. The number of halogens is 2. The molecule has 2 aromatic heterocycles. The summed E-state index contributed by atoms with van der Waals surface area (Å²) in [6.45, 7) is 1.16. The molecule has 0 saturated carbocycles. The molecular weight excluding hydrogens is 380 g/mol. The van der Waals surface area contributed by atoms with E-state index in [9.17, 15) is 13.6 Å². The Morgan fingerprint density at radius 2 is 2.10 bits per heavy atom. The first-order valence-electron chi connectivity index (χ1n) is 9.17. The summed E-state index contributed by atoms with van der Waals surface area (Å²) in [6.07, 6.45) is 7.32. The summed E-state index contributed by atoms with van der Waals surface area (Å²) in [5, 5.41) is 2.69. The number of aliphatic imine (C=N–C) groups is 1. The molecule has 3 aromatic rings. The SMILES string of the molecule is O=C1NC(=NCc2ccco2)C(c2cccc(F)c2F)N1CCCn1ccnc1. The number of amidine groups is 1. The number of benzene rings is 1. The van der Waals surface area contributed by atoms with Gasteiger partial charge in [0.2, 0.25) is 0 Å². The number of nitrogens with one attached hydrogen (secondary N) is 1. The lowest BCUT2D eigenvalue weighted by atomic mass is 10.0. The van der Waals surface area contributed by atoms with Crippen LogP contribution in [0.4, 0.5) is 13.6 Å². The highest BCUT2D eigenvalue weighted by molar-refractivity contribution is 6.07. The van der Waals surface area contributed by atoms with E-state index in [0.717, 1.165) is 6.07 Å². The lowest BCUT2D eigenvalue weighted by molar-refractivity contribution is 0.203. The number of aromatic nitrogens is 2. The van der Waals surface area contributed by atoms with Gasteiger partial charge in [0.25, 0.3) is 0 Å². The Balaban J connectivity index is 1.60. The highest BCUT2D eigenvalue weighted by Crippen LogP contribution is 2.30. The van der Waals surface area contributed by atoms with Crippen LogP contribution < -0.4 is 5.32 Å². The molecule has 29 heavy (non-hydrogen) atoms. The number of aryl methyl sites for hydroxylation is 1. The topological polar surface area (TPSA) is 75.7 Å². The number of hydrogen-bond donors (Lipinski definition) is 1. The van der Waals surface area contributed by atoms with E-state index in [-0.39, 0.29) is 17.9 Å². The highest BCUT2D eigenvalue weighted by atomic mass is 19.2. The molecule has 1 aliphatic rings. The number of rotatable bonds is 7. The molecule has 7 nitrogen and oxygen atoms in total. The van der Waals surface area contributed by atoms with E-state index in [4.69, 9.17) is 4.42 Å². The second-order valence-corrected chi connectivity index (χ2v) is 6.60. The largest absolute Gasteiger partial charge is 0.467 e. The number of carbonyl (C=O) groups excluding carboxylic acids is 1. The van der Waals surface area contributed by atoms with Crippen LogP contribution in [0.25, 0.3) is 0 Å². The van der Waals surface area contributed by atoms with Crippen molar-refractivity contribution in [1.29, 1.82) is 0 Å². The van der Waals surface area contributed by atoms with Crippen molar-refractivity contribution < 1.29 is 18.0 Å². The molecule has 1 saturated heterocycles. The van der Waals surface area contributed by atoms with Gasteiger partial charge in [0.05, 0.1) is 19.1 Å². The van der Waals surface area contributed by atoms with Crippen LogP contribution in [0.3, 0.4) is 0 Å². The standard InChI is InChI=1S/C20H19F2N5O2/c21-16-6-1-5-15(17(16)22)18-19(24-12-14-4-2-11-29-14)25-20(28)27(18)9-3-8-26-10-7-23-13-26/h1-2,4-7,10-11,13,18H,3,8-9,12H2,(H,24,25,28). The van der Waals surface area contributed by atoms with Gasteiger partial charge in [-0.1, -0.05) is 12.1 Å². The van der Waals surface area contributed by atoms with Crippen molar-refractivity contribution in [3.05, 3.63) is 78.3 Å². The Morgan fingerprint density at radius 1 is 1.21 bits per heavy atom. The average Bonchev–Trinajstić information content (AvgIpc) is 3.46. The number of amides is 2. The molecule has 9 heteroatoms. The molecule has 1 fully saturated rings.